The lowest BCUT2D eigenvalue weighted by molar-refractivity contribution is -0.116. The standard InChI is InChI=1S/C14H15ClN4O2/c1-9-5-10(15)6-11(14(21)16-2)13(9)18-12(20)7-19-4-3-17-8-19/h3-6,8H,7H2,1-2H3,(H,16,21)(H,18,20). The molecule has 1 aromatic heterocycles. The molecule has 0 bridgehead atoms. The number of anilines is 1. The van der Waals surface area contributed by atoms with E-state index in [-0.39, 0.29) is 18.4 Å². The van der Waals surface area contributed by atoms with Crippen LogP contribution in [0.25, 0.3) is 0 Å². The minimum absolute atomic E-state index is 0.120. The molecule has 0 saturated heterocycles. The third-order valence-corrected chi connectivity index (χ3v) is 3.14. The lowest BCUT2D eigenvalue weighted by Crippen LogP contribution is -2.24. The predicted octanol–water partition coefficient (Wildman–Crippen LogP) is 1.84. The summed E-state index contributed by atoms with van der Waals surface area (Å²) in [7, 11) is 1.52. The summed E-state index contributed by atoms with van der Waals surface area (Å²) in [5.74, 6) is -0.554. The first kappa shape index (κ1) is 15.1. The second kappa shape index (κ2) is 6.41. The van der Waals surface area contributed by atoms with Crippen molar-refractivity contribution in [2.24, 2.45) is 0 Å². The van der Waals surface area contributed by atoms with Gasteiger partial charge in [0.15, 0.2) is 0 Å². The fraction of sp³-hybridized carbons (Fsp3) is 0.214. The summed E-state index contributed by atoms with van der Waals surface area (Å²) >= 11 is 5.97. The fourth-order valence-electron chi connectivity index (χ4n) is 1.95. The zero-order chi connectivity index (χ0) is 15.4. The molecule has 0 aliphatic heterocycles. The van der Waals surface area contributed by atoms with E-state index in [1.165, 1.54) is 13.1 Å². The highest BCUT2D eigenvalue weighted by Gasteiger charge is 2.16. The number of rotatable bonds is 4. The van der Waals surface area contributed by atoms with Crippen LogP contribution < -0.4 is 10.6 Å². The number of benzene rings is 1. The molecular formula is C14H15ClN4O2. The van der Waals surface area contributed by atoms with Crippen molar-refractivity contribution >= 4 is 29.1 Å². The fourth-order valence-corrected chi connectivity index (χ4v) is 2.22. The van der Waals surface area contributed by atoms with Crippen molar-refractivity contribution in [2.75, 3.05) is 12.4 Å². The molecule has 2 N–H and O–H groups in total. The van der Waals surface area contributed by atoms with Crippen molar-refractivity contribution in [3.05, 3.63) is 47.0 Å². The van der Waals surface area contributed by atoms with E-state index in [0.29, 0.717) is 16.3 Å². The van der Waals surface area contributed by atoms with Gasteiger partial charge in [0, 0.05) is 24.5 Å². The molecule has 110 valence electrons. The molecule has 6 nitrogen and oxygen atoms in total. The van der Waals surface area contributed by atoms with E-state index < -0.39 is 0 Å². The summed E-state index contributed by atoms with van der Waals surface area (Å²) in [4.78, 5) is 27.8. The van der Waals surface area contributed by atoms with E-state index in [0.717, 1.165) is 5.56 Å². The number of carbonyl (C=O) groups is 2. The van der Waals surface area contributed by atoms with Crippen LogP contribution in [0.15, 0.2) is 30.9 Å². The zero-order valence-electron chi connectivity index (χ0n) is 11.7. The topological polar surface area (TPSA) is 76.0 Å². The second-order valence-corrected chi connectivity index (χ2v) is 4.94. The first-order valence-electron chi connectivity index (χ1n) is 6.29. The number of amides is 2. The number of hydrogen-bond acceptors (Lipinski definition) is 3. The van der Waals surface area contributed by atoms with Crippen LogP contribution in [0.1, 0.15) is 15.9 Å². The zero-order valence-corrected chi connectivity index (χ0v) is 12.4. The first-order valence-corrected chi connectivity index (χ1v) is 6.67. The molecule has 0 atom stereocenters. The van der Waals surface area contributed by atoms with Gasteiger partial charge >= 0.3 is 0 Å². The SMILES string of the molecule is CNC(=O)c1cc(Cl)cc(C)c1NC(=O)Cn1ccnc1. The van der Waals surface area contributed by atoms with Gasteiger partial charge in [0.1, 0.15) is 6.54 Å². The summed E-state index contributed by atoms with van der Waals surface area (Å²) in [5.41, 5.74) is 1.52. The maximum absolute atomic E-state index is 12.1. The van der Waals surface area contributed by atoms with Gasteiger partial charge in [-0.15, -0.1) is 0 Å². The molecule has 2 aromatic rings. The van der Waals surface area contributed by atoms with Crippen LogP contribution in [0.4, 0.5) is 5.69 Å². The number of hydrogen-bond donors (Lipinski definition) is 2. The molecule has 0 radical (unpaired) electrons. The maximum Gasteiger partial charge on any atom is 0.253 e. The largest absolute Gasteiger partial charge is 0.355 e. The highest BCUT2D eigenvalue weighted by molar-refractivity contribution is 6.31. The van der Waals surface area contributed by atoms with Gasteiger partial charge in [-0.05, 0) is 24.6 Å². The van der Waals surface area contributed by atoms with Gasteiger partial charge in [0.25, 0.3) is 5.91 Å². The Labute approximate surface area is 127 Å². The predicted molar refractivity (Wildman–Crippen MR) is 80.4 cm³/mol. The quantitative estimate of drug-likeness (QED) is 0.905. The van der Waals surface area contributed by atoms with Gasteiger partial charge in [-0.1, -0.05) is 11.6 Å². The van der Waals surface area contributed by atoms with Gasteiger partial charge in [0.2, 0.25) is 5.91 Å². The van der Waals surface area contributed by atoms with Gasteiger partial charge in [0.05, 0.1) is 17.6 Å². The Morgan fingerprint density at radius 2 is 2.14 bits per heavy atom. The molecule has 0 aliphatic rings. The minimum Gasteiger partial charge on any atom is -0.355 e. The number of nitrogens with one attached hydrogen (secondary N) is 2. The van der Waals surface area contributed by atoms with Crippen LogP contribution in [0.3, 0.4) is 0 Å². The smallest absolute Gasteiger partial charge is 0.253 e. The normalized spacial score (nSPS) is 10.2. The Hall–Kier alpha value is -2.34. The Morgan fingerprint density at radius 1 is 1.38 bits per heavy atom. The summed E-state index contributed by atoms with van der Waals surface area (Å²) < 4.78 is 1.64. The van der Waals surface area contributed by atoms with E-state index in [1.54, 1.807) is 36.3 Å². The van der Waals surface area contributed by atoms with Crippen molar-refractivity contribution in [1.82, 2.24) is 14.9 Å². The van der Waals surface area contributed by atoms with E-state index >= 15 is 0 Å². The molecule has 0 saturated carbocycles. The number of carbonyl (C=O) groups excluding carboxylic acids is 2. The van der Waals surface area contributed by atoms with Crippen molar-refractivity contribution in [1.29, 1.82) is 0 Å². The molecule has 0 fully saturated rings. The minimum atomic E-state index is -0.307. The number of aryl methyl sites for hydroxylation is 1. The van der Waals surface area contributed by atoms with E-state index in [2.05, 4.69) is 15.6 Å². The molecule has 2 rings (SSSR count). The molecule has 0 unspecified atom stereocenters. The molecule has 7 heteroatoms. The summed E-state index contributed by atoms with van der Waals surface area (Å²) in [6.07, 6.45) is 4.83. The van der Waals surface area contributed by atoms with E-state index in [1.807, 2.05) is 0 Å². The van der Waals surface area contributed by atoms with Gasteiger partial charge in [-0.3, -0.25) is 9.59 Å². The molecule has 0 aliphatic carbocycles. The average Bonchev–Trinajstić information content (AvgIpc) is 2.93. The Morgan fingerprint density at radius 3 is 2.76 bits per heavy atom. The van der Waals surface area contributed by atoms with E-state index in [4.69, 9.17) is 11.6 Å². The van der Waals surface area contributed by atoms with Crippen molar-refractivity contribution < 1.29 is 9.59 Å². The molecule has 2 amide bonds. The molecule has 21 heavy (non-hydrogen) atoms. The molecule has 1 heterocycles. The number of nitrogens with zero attached hydrogens (tertiary/aromatic N) is 2. The van der Waals surface area contributed by atoms with Crippen LogP contribution in [0, 0.1) is 6.92 Å². The van der Waals surface area contributed by atoms with Crippen LogP contribution in [-0.4, -0.2) is 28.4 Å². The summed E-state index contributed by atoms with van der Waals surface area (Å²) in [5, 5.41) is 5.73. The average molecular weight is 307 g/mol. The van der Waals surface area contributed by atoms with Crippen LogP contribution in [-0.2, 0) is 11.3 Å². The lowest BCUT2D eigenvalue weighted by atomic mass is 10.1. The highest BCUT2D eigenvalue weighted by atomic mass is 35.5. The maximum atomic E-state index is 12.1. The van der Waals surface area contributed by atoms with Gasteiger partial charge in [-0.2, -0.15) is 0 Å². The summed E-state index contributed by atoms with van der Waals surface area (Å²) in [6.45, 7) is 1.90. The number of aromatic nitrogens is 2. The van der Waals surface area contributed by atoms with Crippen molar-refractivity contribution in [3.63, 3.8) is 0 Å². The van der Waals surface area contributed by atoms with Gasteiger partial charge < -0.3 is 15.2 Å². The van der Waals surface area contributed by atoms with Crippen LogP contribution in [0.2, 0.25) is 5.02 Å². The lowest BCUT2D eigenvalue weighted by Gasteiger charge is -2.14. The molecular weight excluding hydrogens is 292 g/mol. The number of imidazole rings is 1. The van der Waals surface area contributed by atoms with Crippen molar-refractivity contribution in [3.8, 4) is 0 Å². The van der Waals surface area contributed by atoms with E-state index in [9.17, 15) is 9.59 Å². The Bertz CT molecular complexity index is 668. The third-order valence-electron chi connectivity index (χ3n) is 2.92. The van der Waals surface area contributed by atoms with Gasteiger partial charge in [-0.25, -0.2) is 4.98 Å². The molecule has 1 aromatic carbocycles. The number of halogens is 1. The Balaban J connectivity index is 2.26. The third kappa shape index (κ3) is 3.61. The van der Waals surface area contributed by atoms with Crippen molar-refractivity contribution in [2.45, 2.75) is 13.5 Å². The first-order chi connectivity index (χ1) is 10.0. The van der Waals surface area contributed by atoms with Crippen LogP contribution >= 0.6 is 11.6 Å². The van der Waals surface area contributed by atoms with Crippen LogP contribution in [0.5, 0.6) is 0 Å². The second-order valence-electron chi connectivity index (χ2n) is 4.51. The molecule has 0 spiro atoms. The summed E-state index contributed by atoms with van der Waals surface area (Å²) in [6, 6.07) is 3.22. The Kier molecular flexibility index (Phi) is 4.59. The highest BCUT2D eigenvalue weighted by Crippen LogP contribution is 2.25. The monoisotopic (exact) mass is 306 g/mol.